The van der Waals surface area contributed by atoms with Gasteiger partial charge in [0.1, 0.15) is 12.6 Å². The Balaban J connectivity index is 1.52. The summed E-state index contributed by atoms with van der Waals surface area (Å²) in [5.74, 6) is -2.68. The molecule has 30 heavy (non-hydrogen) atoms. The molecule has 4 heterocycles. The van der Waals surface area contributed by atoms with E-state index in [1.807, 2.05) is 37.3 Å². The number of carbonyl (C=O) groups excluding carboxylic acids is 2. The van der Waals surface area contributed by atoms with Crippen LogP contribution in [0.4, 0.5) is 4.79 Å². The Morgan fingerprint density at radius 3 is 2.50 bits per heavy atom. The first-order valence-corrected chi connectivity index (χ1v) is 9.78. The summed E-state index contributed by atoms with van der Waals surface area (Å²) in [4.78, 5) is 24.8. The summed E-state index contributed by atoms with van der Waals surface area (Å²) in [5.41, 5.74) is 0.585. The quantitative estimate of drug-likeness (QED) is 0.697. The van der Waals surface area contributed by atoms with Gasteiger partial charge in [-0.3, -0.25) is 0 Å². The Morgan fingerprint density at radius 2 is 1.87 bits per heavy atom. The molecule has 3 fully saturated rings. The van der Waals surface area contributed by atoms with Crippen molar-refractivity contribution in [3.63, 3.8) is 0 Å². The first-order valence-electron chi connectivity index (χ1n) is 9.78. The number of carbonyl (C=O) groups is 2. The SMILES string of the molecule is COC(=O)[C@@H]1N=NC[C@@H]1[C@H](NC(=O)OCc1ccccc1)C12OCC(C)(CO1)CO2. The van der Waals surface area contributed by atoms with E-state index in [4.69, 9.17) is 23.7 Å². The third-order valence-corrected chi connectivity index (χ3v) is 5.51. The molecule has 0 saturated carbocycles. The number of methoxy groups -OCH3 is 1. The maximum atomic E-state index is 12.6. The van der Waals surface area contributed by atoms with Gasteiger partial charge in [-0.1, -0.05) is 37.3 Å². The highest BCUT2D eigenvalue weighted by atomic mass is 16.9. The number of ether oxygens (including phenoxy) is 5. The molecule has 3 atom stereocenters. The monoisotopic (exact) mass is 419 g/mol. The van der Waals surface area contributed by atoms with Crippen molar-refractivity contribution in [3.05, 3.63) is 35.9 Å². The molecule has 162 valence electrons. The van der Waals surface area contributed by atoms with Crippen LogP contribution >= 0.6 is 0 Å². The number of hydrogen-bond donors (Lipinski definition) is 1. The van der Waals surface area contributed by atoms with Crippen molar-refractivity contribution in [2.24, 2.45) is 21.6 Å². The number of esters is 1. The predicted octanol–water partition coefficient (Wildman–Crippen LogP) is 1.64. The van der Waals surface area contributed by atoms with Crippen LogP contribution in [0.1, 0.15) is 12.5 Å². The average molecular weight is 419 g/mol. The molecule has 3 saturated heterocycles. The van der Waals surface area contributed by atoms with E-state index in [1.165, 1.54) is 7.11 Å². The zero-order valence-corrected chi connectivity index (χ0v) is 16.9. The molecule has 10 nitrogen and oxygen atoms in total. The van der Waals surface area contributed by atoms with Crippen LogP contribution in [0.2, 0.25) is 0 Å². The van der Waals surface area contributed by atoms with Gasteiger partial charge in [0.15, 0.2) is 6.04 Å². The van der Waals surface area contributed by atoms with Crippen molar-refractivity contribution in [3.8, 4) is 0 Å². The van der Waals surface area contributed by atoms with E-state index in [-0.39, 0.29) is 18.6 Å². The van der Waals surface area contributed by atoms with Gasteiger partial charge in [0.2, 0.25) is 0 Å². The van der Waals surface area contributed by atoms with E-state index in [2.05, 4.69) is 15.5 Å². The Kier molecular flexibility index (Phi) is 5.72. The fourth-order valence-electron chi connectivity index (χ4n) is 3.74. The van der Waals surface area contributed by atoms with Gasteiger partial charge in [-0.15, -0.1) is 0 Å². The summed E-state index contributed by atoms with van der Waals surface area (Å²) in [7, 11) is 1.28. The number of fused-ring (bicyclic) bond motifs is 3. The predicted molar refractivity (Wildman–Crippen MR) is 101 cm³/mol. The lowest BCUT2D eigenvalue weighted by atomic mass is 9.86. The van der Waals surface area contributed by atoms with Crippen molar-refractivity contribution < 1.29 is 33.3 Å². The minimum absolute atomic E-state index is 0.0902. The molecular weight excluding hydrogens is 394 g/mol. The van der Waals surface area contributed by atoms with Crippen LogP contribution in [0, 0.1) is 11.3 Å². The number of nitrogens with zero attached hydrogens (tertiary/aromatic N) is 2. The Hall–Kier alpha value is -2.56. The van der Waals surface area contributed by atoms with Crippen molar-refractivity contribution in [2.75, 3.05) is 33.5 Å². The van der Waals surface area contributed by atoms with E-state index in [9.17, 15) is 9.59 Å². The van der Waals surface area contributed by atoms with E-state index >= 15 is 0 Å². The minimum Gasteiger partial charge on any atom is -0.467 e. The lowest BCUT2D eigenvalue weighted by Crippen LogP contribution is -2.70. The number of benzene rings is 1. The van der Waals surface area contributed by atoms with Crippen LogP contribution < -0.4 is 5.32 Å². The lowest BCUT2D eigenvalue weighted by Gasteiger charge is -2.53. The van der Waals surface area contributed by atoms with Gasteiger partial charge >= 0.3 is 18.0 Å². The Morgan fingerprint density at radius 1 is 1.20 bits per heavy atom. The maximum absolute atomic E-state index is 12.6. The highest BCUT2D eigenvalue weighted by Crippen LogP contribution is 2.43. The highest BCUT2D eigenvalue weighted by molar-refractivity contribution is 5.77. The Labute approximate surface area is 173 Å². The first kappa shape index (κ1) is 20.7. The van der Waals surface area contributed by atoms with Gasteiger partial charge in [0.05, 0.1) is 33.5 Å². The van der Waals surface area contributed by atoms with E-state index in [1.54, 1.807) is 0 Å². The van der Waals surface area contributed by atoms with Crippen LogP contribution in [0.15, 0.2) is 40.6 Å². The summed E-state index contributed by atoms with van der Waals surface area (Å²) in [5, 5.41) is 10.7. The molecule has 2 bridgehead atoms. The summed E-state index contributed by atoms with van der Waals surface area (Å²) in [6, 6.07) is 7.51. The summed E-state index contributed by atoms with van der Waals surface area (Å²) in [6.07, 6.45) is -0.691. The first-order chi connectivity index (χ1) is 14.4. The van der Waals surface area contributed by atoms with Gasteiger partial charge in [-0.25, -0.2) is 9.59 Å². The van der Waals surface area contributed by atoms with E-state index < -0.39 is 36.0 Å². The van der Waals surface area contributed by atoms with Gasteiger partial charge in [0.25, 0.3) is 0 Å². The molecule has 0 aliphatic carbocycles. The van der Waals surface area contributed by atoms with Crippen LogP contribution in [0.3, 0.4) is 0 Å². The maximum Gasteiger partial charge on any atom is 0.407 e. The molecule has 0 spiro atoms. The lowest BCUT2D eigenvalue weighted by molar-refractivity contribution is -0.476. The molecule has 0 radical (unpaired) electrons. The fourth-order valence-corrected chi connectivity index (χ4v) is 3.74. The van der Waals surface area contributed by atoms with Crippen LogP contribution in [-0.4, -0.2) is 63.6 Å². The number of nitrogens with one attached hydrogen (secondary N) is 1. The second-order valence-electron chi connectivity index (χ2n) is 8.04. The largest absolute Gasteiger partial charge is 0.467 e. The summed E-state index contributed by atoms with van der Waals surface area (Å²) < 4.78 is 28.0. The van der Waals surface area contributed by atoms with Crippen molar-refractivity contribution in [1.82, 2.24) is 5.32 Å². The molecule has 10 heteroatoms. The van der Waals surface area contributed by atoms with Crippen LogP contribution in [0.5, 0.6) is 0 Å². The normalized spacial score (nSPS) is 33.1. The summed E-state index contributed by atoms with van der Waals surface area (Å²) >= 11 is 0. The topological polar surface area (TPSA) is 117 Å². The Bertz CT molecular complexity index is 791. The molecule has 1 N–H and O–H groups in total. The number of rotatable bonds is 6. The number of amides is 1. The van der Waals surface area contributed by atoms with E-state index in [0.29, 0.717) is 19.8 Å². The van der Waals surface area contributed by atoms with Crippen molar-refractivity contribution in [2.45, 2.75) is 31.6 Å². The molecule has 1 aromatic rings. The molecule has 4 aliphatic heterocycles. The smallest absolute Gasteiger partial charge is 0.407 e. The minimum atomic E-state index is -1.55. The second-order valence-corrected chi connectivity index (χ2v) is 8.04. The van der Waals surface area contributed by atoms with E-state index in [0.717, 1.165) is 5.56 Å². The van der Waals surface area contributed by atoms with Gasteiger partial charge < -0.3 is 29.0 Å². The van der Waals surface area contributed by atoms with Crippen LogP contribution in [-0.2, 0) is 35.1 Å². The van der Waals surface area contributed by atoms with Gasteiger partial charge in [-0.05, 0) is 5.56 Å². The van der Waals surface area contributed by atoms with Gasteiger partial charge in [-0.2, -0.15) is 10.2 Å². The highest BCUT2D eigenvalue weighted by Gasteiger charge is 2.60. The molecule has 5 rings (SSSR count). The molecule has 0 unspecified atom stereocenters. The zero-order chi connectivity index (χ0) is 21.2. The molecule has 1 aromatic carbocycles. The number of alkyl carbamates (subject to hydrolysis) is 1. The van der Waals surface area contributed by atoms with Crippen LogP contribution in [0.25, 0.3) is 0 Å². The van der Waals surface area contributed by atoms with Crippen molar-refractivity contribution in [1.29, 1.82) is 0 Å². The van der Waals surface area contributed by atoms with Crippen molar-refractivity contribution >= 4 is 12.1 Å². The fraction of sp³-hybridized carbons (Fsp3) is 0.600. The molecular formula is C20H25N3O7. The number of azo groups is 1. The summed E-state index contributed by atoms with van der Waals surface area (Å²) in [6.45, 7) is 3.45. The third kappa shape index (κ3) is 4.03. The number of hydrogen-bond acceptors (Lipinski definition) is 9. The van der Waals surface area contributed by atoms with Gasteiger partial charge in [0, 0.05) is 11.3 Å². The third-order valence-electron chi connectivity index (χ3n) is 5.51. The molecule has 4 aliphatic rings. The standard InChI is InChI=1S/C20H25N3O7/c1-19-10-28-20(29-11-19,30-12-19)16(14-8-21-23-15(14)17(24)26-2)22-18(25)27-9-13-6-4-3-5-7-13/h3-7,14-16H,8-12H2,1-2H3,(H,22,25)/t14-,15+,16-,19?,20?/m0/s1. The molecule has 0 aromatic heterocycles. The average Bonchev–Trinajstić information content (AvgIpc) is 3.26. The molecule has 1 amide bonds. The second kappa shape index (κ2) is 8.29. The zero-order valence-electron chi connectivity index (χ0n) is 16.9.